The van der Waals surface area contributed by atoms with Crippen LogP contribution >= 0.6 is 11.6 Å². The van der Waals surface area contributed by atoms with Gasteiger partial charge in [-0.05, 0) is 42.4 Å². The zero-order valence-corrected chi connectivity index (χ0v) is 11.4. The van der Waals surface area contributed by atoms with Crippen LogP contribution in [0, 0.1) is 11.3 Å². The molecule has 0 fully saturated rings. The molecule has 96 valence electrons. The van der Waals surface area contributed by atoms with Crippen LogP contribution in [0.3, 0.4) is 0 Å². The van der Waals surface area contributed by atoms with E-state index in [1.165, 1.54) is 5.56 Å². The minimum atomic E-state index is 0.456. The number of hydrogen-bond donors (Lipinski definition) is 0. The average Bonchev–Trinajstić information content (AvgIpc) is 2.41. The SMILES string of the molecule is CN(Cc1ccc(Cl)cc1)Cc1ccnc(C#N)c1. The van der Waals surface area contributed by atoms with Crippen molar-refractivity contribution in [3.8, 4) is 6.07 Å². The third-order valence-electron chi connectivity index (χ3n) is 2.76. The summed E-state index contributed by atoms with van der Waals surface area (Å²) < 4.78 is 0. The highest BCUT2D eigenvalue weighted by atomic mass is 35.5. The van der Waals surface area contributed by atoms with E-state index >= 15 is 0 Å². The summed E-state index contributed by atoms with van der Waals surface area (Å²) >= 11 is 5.86. The van der Waals surface area contributed by atoms with Crippen LogP contribution in [0.2, 0.25) is 5.02 Å². The van der Waals surface area contributed by atoms with Crippen LogP contribution in [-0.2, 0) is 13.1 Å². The van der Waals surface area contributed by atoms with Crippen molar-refractivity contribution in [1.29, 1.82) is 5.26 Å². The number of aromatic nitrogens is 1. The zero-order valence-electron chi connectivity index (χ0n) is 10.7. The number of hydrogen-bond acceptors (Lipinski definition) is 3. The van der Waals surface area contributed by atoms with Crippen LogP contribution in [0.5, 0.6) is 0 Å². The van der Waals surface area contributed by atoms with E-state index in [4.69, 9.17) is 16.9 Å². The lowest BCUT2D eigenvalue weighted by Crippen LogP contribution is -2.17. The molecule has 1 aromatic carbocycles. The smallest absolute Gasteiger partial charge is 0.140 e. The fraction of sp³-hybridized carbons (Fsp3) is 0.200. The molecular weight excluding hydrogens is 258 g/mol. The number of nitriles is 1. The highest BCUT2D eigenvalue weighted by Crippen LogP contribution is 2.12. The molecule has 3 nitrogen and oxygen atoms in total. The summed E-state index contributed by atoms with van der Waals surface area (Å²) in [6.07, 6.45) is 1.67. The van der Waals surface area contributed by atoms with Gasteiger partial charge in [0, 0.05) is 24.3 Å². The molecule has 0 amide bonds. The predicted octanol–water partition coefficient (Wildman–Crippen LogP) is 3.24. The molecular formula is C15H14ClN3. The molecule has 0 saturated heterocycles. The zero-order chi connectivity index (χ0) is 13.7. The maximum absolute atomic E-state index is 8.82. The van der Waals surface area contributed by atoms with Crippen LogP contribution in [0.25, 0.3) is 0 Å². The average molecular weight is 272 g/mol. The van der Waals surface area contributed by atoms with Crippen molar-refractivity contribution in [2.24, 2.45) is 0 Å². The Morgan fingerprint density at radius 3 is 2.53 bits per heavy atom. The Morgan fingerprint density at radius 2 is 1.84 bits per heavy atom. The van der Waals surface area contributed by atoms with E-state index in [-0.39, 0.29) is 0 Å². The van der Waals surface area contributed by atoms with Gasteiger partial charge in [-0.15, -0.1) is 0 Å². The third kappa shape index (κ3) is 4.06. The molecule has 2 aromatic rings. The standard InChI is InChI=1S/C15H14ClN3/c1-19(10-12-2-4-14(16)5-3-12)11-13-6-7-18-15(8-13)9-17/h2-8H,10-11H2,1H3. The van der Waals surface area contributed by atoms with Gasteiger partial charge in [-0.1, -0.05) is 23.7 Å². The van der Waals surface area contributed by atoms with E-state index in [1.807, 2.05) is 43.4 Å². The number of rotatable bonds is 4. The highest BCUT2D eigenvalue weighted by molar-refractivity contribution is 6.30. The second kappa shape index (κ2) is 6.33. The second-order valence-electron chi connectivity index (χ2n) is 4.46. The summed E-state index contributed by atoms with van der Waals surface area (Å²) in [5, 5.41) is 9.57. The van der Waals surface area contributed by atoms with Crippen LogP contribution < -0.4 is 0 Å². The first-order valence-corrected chi connectivity index (χ1v) is 6.33. The minimum Gasteiger partial charge on any atom is -0.298 e. The highest BCUT2D eigenvalue weighted by Gasteiger charge is 2.03. The first-order chi connectivity index (χ1) is 9.17. The van der Waals surface area contributed by atoms with Crippen molar-refractivity contribution in [3.63, 3.8) is 0 Å². The monoisotopic (exact) mass is 271 g/mol. The predicted molar refractivity (Wildman–Crippen MR) is 75.6 cm³/mol. The van der Waals surface area contributed by atoms with E-state index in [1.54, 1.807) is 6.20 Å². The Balaban J connectivity index is 1.99. The van der Waals surface area contributed by atoms with Gasteiger partial charge in [0.2, 0.25) is 0 Å². The maximum Gasteiger partial charge on any atom is 0.140 e. The van der Waals surface area contributed by atoms with Gasteiger partial charge in [0.15, 0.2) is 0 Å². The summed E-state index contributed by atoms with van der Waals surface area (Å²) in [6, 6.07) is 13.6. The van der Waals surface area contributed by atoms with Crippen LogP contribution in [0.15, 0.2) is 42.6 Å². The summed E-state index contributed by atoms with van der Waals surface area (Å²) in [4.78, 5) is 6.14. The number of nitrogens with zero attached hydrogens (tertiary/aromatic N) is 3. The van der Waals surface area contributed by atoms with Gasteiger partial charge in [0.1, 0.15) is 11.8 Å². The normalized spacial score (nSPS) is 10.4. The van der Waals surface area contributed by atoms with Gasteiger partial charge in [-0.3, -0.25) is 4.90 Å². The molecule has 19 heavy (non-hydrogen) atoms. The van der Waals surface area contributed by atoms with E-state index in [2.05, 4.69) is 16.0 Å². The molecule has 4 heteroatoms. The van der Waals surface area contributed by atoms with Crippen molar-refractivity contribution in [2.45, 2.75) is 13.1 Å². The minimum absolute atomic E-state index is 0.456. The summed E-state index contributed by atoms with van der Waals surface area (Å²) in [5.41, 5.74) is 2.75. The lowest BCUT2D eigenvalue weighted by atomic mass is 10.2. The fourth-order valence-electron chi connectivity index (χ4n) is 1.90. The van der Waals surface area contributed by atoms with Crippen LogP contribution in [0.1, 0.15) is 16.8 Å². The second-order valence-corrected chi connectivity index (χ2v) is 4.90. The number of halogens is 1. The molecule has 0 spiro atoms. The van der Waals surface area contributed by atoms with Crippen molar-refractivity contribution < 1.29 is 0 Å². The molecule has 2 rings (SSSR count). The van der Waals surface area contributed by atoms with Crippen molar-refractivity contribution >= 4 is 11.6 Å². The quantitative estimate of drug-likeness (QED) is 0.857. The van der Waals surface area contributed by atoms with Crippen molar-refractivity contribution in [2.75, 3.05) is 7.05 Å². The molecule has 0 radical (unpaired) electrons. The number of benzene rings is 1. The van der Waals surface area contributed by atoms with Gasteiger partial charge in [0.05, 0.1) is 0 Å². The topological polar surface area (TPSA) is 39.9 Å². The van der Waals surface area contributed by atoms with Gasteiger partial charge in [-0.25, -0.2) is 4.98 Å². The fourth-order valence-corrected chi connectivity index (χ4v) is 2.03. The van der Waals surface area contributed by atoms with Gasteiger partial charge in [0.25, 0.3) is 0 Å². The van der Waals surface area contributed by atoms with Gasteiger partial charge < -0.3 is 0 Å². The third-order valence-corrected chi connectivity index (χ3v) is 3.01. The molecule has 0 saturated carbocycles. The summed E-state index contributed by atoms with van der Waals surface area (Å²) in [6.45, 7) is 1.61. The largest absolute Gasteiger partial charge is 0.298 e. The van der Waals surface area contributed by atoms with Crippen molar-refractivity contribution in [3.05, 3.63) is 64.4 Å². The van der Waals surface area contributed by atoms with Gasteiger partial charge >= 0.3 is 0 Å². The van der Waals surface area contributed by atoms with Crippen LogP contribution in [0.4, 0.5) is 0 Å². The molecule has 0 aliphatic carbocycles. The van der Waals surface area contributed by atoms with E-state index < -0.39 is 0 Å². The van der Waals surface area contributed by atoms with Crippen LogP contribution in [-0.4, -0.2) is 16.9 Å². The Kier molecular flexibility index (Phi) is 4.51. The molecule has 0 aliphatic heterocycles. The number of pyridine rings is 1. The van der Waals surface area contributed by atoms with E-state index in [9.17, 15) is 0 Å². The summed E-state index contributed by atoms with van der Waals surface area (Å²) in [7, 11) is 2.04. The van der Waals surface area contributed by atoms with Gasteiger partial charge in [-0.2, -0.15) is 5.26 Å². The maximum atomic E-state index is 8.82. The molecule has 0 aliphatic rings. The Hall–Kier alpha value is -1.89. The summed E-state index contributed by atoms with van der Waals surface area (Å²) in [5.74, 6) is 0. The lowest BCUT2D eigenvalue weighted by molar-refractivity contribution is 0.319. The Labute approximate surface area is 118 Å². The first kappa shape index (κ1) is 13.5. The Bertz CT molecular complexity index is 587. The molecule has 0 bridgehead atoms. The molecule has 1 aromatic heterocycles. The van der Waals surface area contributed by atoms with Crippen molar-refractivity contribution in [1.82, 2.24) is 9.88 Å². The molecule has 0 unspecified atom stereocenters. The first-order valence-electron chi connectivity index (χ1n) is 5.95. The molecule has 0 atom stereocenters. The Morgan fingerprint density at radius 1 is 1.16 bits per heavy atom. The molecule has 0 N–H and O–H groups in total. The van der Waals surface area contributed by atoms with E-state index in [0.29, 0.717) is 5.69 Å². The molecule has 1 heterocycles. The van der Waals surface area contributed by atoms with E-state index in [0.717, 1.165) is 23.7 Å². The lowest BCUT2D eigenvalue weighted by Gasteiger charge is -2.16.